The van der Waals surface area contributed by atoms with E-state index in [-0.39, 0.29) is 0 Å². The van der Waals surface area contributed by atoms with Crippen LogP contribution in [0.15, 0.2) is 30.3 Å². The van der Waals surface area contributed by atoms with E-state index in [1.54, 1.807) is 0 Å². The summed E-state index contributed by atoms with van der Waals surface area (Å²) in [7, 11) is -3.05. The standard InChI is InChI=1S/C12H16N2O2S/c1-17(15,16)12-8-10(6-7-14-12)9-2-4-11(13)5-3-9/h2-6,12,14H,7-8,13H2,1H3. The van der Waals surface area contributed by atoms with Gasteiger partial charge >= 0.3 is 0 Å². The minimum Gasteiger partial charge on any atom is -0.399 e. The van der Waals surface area contributed by atoms with Crippen LogP contribution in [0.3, 0.4) is 0 Å². The molecule has 2 rings (SSSR count). The molecule has 5 heteroatoms. The van der Waals surface area contributed by atoms with Crippen LogP contribution in [0, 0.1) is 0 Å². The molecule has 1 aromatic carbocycles. The van der Waals surface area contributed by atoms with Gasteiger partial charge in [0, 0.05) is 24.9 Å². The lowest BCUT2D eigenvalue weighted by Crippen LogP contribution is -2.38. The van der Waals surface area contributed by atoms with Crippen LogP contribution in [0.2, 0.25) is 0 Å². The molecule has 0 aliphatic carbocycles. The van der Waals surface area contributed by atoms with Crippen LogP contribution in [0.1, 0.15) is 12.0 Å². The molecule has 1 aliphatic rings. The molecule has 1 atom stereocenters. The summed E-state index contributed by atoms with van der Waals surface area (Å²) in [6, 6.07) is 7.50. The molecule has 0 spiro atoms. The van der Waals surface area contributed by atoms with Gasteiger partial charge in [0.2, 0.25) is 0 Å². The van der Waals surface area contributed by atoms with Crippen molar-refractivity contribution in [3.63, 3.8) is 0 Å². The summed E-state index contributed by atoms with van der Waals surface area (Å²) in [5.74, 6) is 0. The van der Waals surface area contributed by atoms with Gasteiger partial charge in [-0.3, -0.25) is 5.32 Å². The van der Waals surface area contributed by atoms with Crippen LogP contribution in [0.5, 0.6) is 0 Å². The average Bonchev–Trinajstić information content (AvgIpc) is 2.29. The van der Waals surface area contributed by atoms with Gasteiger partial charge in [-0.2, -0.15) is 0 Å². The highest BCUT2D eigenvalue weighted by atomic mass is 32.2. The molecule has 1 aliphatic heterocycles. The van der Waals surface area contributed by atoms with Gasteiger partial charge < -0.3 is 5.73 Å². The molecule has 0 saturated heterocycles. The van der Waals surface area contributed by atoms with Gasteiger partial charge in [0.25, 0.3) is 0 Å². The molecule has 3 N–H and O–H groups in total. The summed E-state index contributed by atoms with van der Waals surface area (Å²) < 4.78 is 23.0. The maximum absolute atomic E-state index is 11.5. The van der Waals surface area contributed by atoms with Gasteiger partial charge in [0.05, 0.1) is 0 Å². The molecule has 0 amide bonds. The van der Waals surface area contributed by atoms with Crippen LogP contribution in [-0.4, -0.2) is 26.6 Å². The number of hydrogen-bond donors (Lipinski definition) is 2. The van der Waals surface area contributed by atoms with Crippen LogP contribution in [0.25, 0.3) is 5.57 Å². The van der Waals surface area contributed by atoms with E-state index in [0.29, 0.717) is 18.7 Å². The average molecular weight is 252 g/mol. The summed E-state index contributed by atoms with van der Waals surface area (Å²) in [6.45, 7) is 0.581. The Morgan fingerprint density at radius 1 is 1.29 bits per heavy atom. The lowest BCUT2D eigenvalue weighted by atomic mass is 10.00. The Balaban J connectivity index is 2.23. The Labute approximate surface area is 101 Å². The normalized spacial score (nSPS) is 21.0. The third-order valence-corrected chi connectivity index (χ3v) is 4.26. The Morgan fingerprint density at radius 3 is 2.53 bits per heavy atom. The van der Waals surface area contributed by atoms with Gasteiger partial charge in [-0.25, -0.2) is 8.42 Å². The zero-order valence-electron chi connectivity index (χ0n) is 9.68. The van der Waals surface area contributed by atoms with Crippen molar-refractivity contribution in [2.24, 2.45) is 0 Å². The zero-order chi connectivity index (χ0) is 12.5. The molecule has 4 nitrogen and oxygen atoms in total. The minimum atomic E-state index is -3.05. The molecule has 17 heavy (non-hydrogen) atoms. The molecule has 0 aromatic heterocycles. The highest BCUT2D eigenvalue weighted by Gasteiger charge is 2.24. The largest absolute Gasteiger partial charge is 0.399 e. The zero-order valence-corrected chi connectivity index (χ0v) is 10.5. The molecular weight excluding hydrogens is 236 g/mol. The quantitative estimate of drug-likeness (QED) is 0.771. The van der Waals surface area contributed by atoms with Crippen molar-refractivity contribution in [2.75, 3.05) is 18.5 Å². The first kappa shape index (κ1) is 12.1. The van der Waals surface area contributed by atoms with Gasteiger partial charge in [-0.1, -0.05) is 18.2 Å². The summed E-state index contributed by atoms with van der Waals surface area (Å²) in [4.78, 5) is 0. The van der Waals surface area contributed by atoms with Crippen molar-refractivity contribution in [3.05, 3.63) is 35.9 Å². The highest BCUT2D eigenvalue weighted by molar-refractivity contribution is 7.91. The Morgan fingerprint density at radius 2 is 1.94 bits per heavy atom. The SMILES string of the molecule is CS(=O)(=O)C1CC(c2ccc(N)cc2)=CCN1. The van der Waals surface area contributed by atoms with Crippen molar-refractivity contribution in [2.45, 2.75) is 11.8 Å². The Hall–Kier alpha value is -1.33. The highest BCUT2D eigenvalue weighted by Crippen LogP contribution is 2.24. The van der Waals surface area contributed by atoms with E-state index in [2.05, 4.69) is 5.32 Å². The fourth-order valence-electron chi connectivity index (χ4n) is 1.90. The van der Waals surface area contributed by atoms with Gasteiger partial charge in [-0.05, 0) is 23.3 Å². The van der Waals surface area contributed by atoms with E-state index < -0.39 is 15.2 Å². The van der Waals surface area contributed by atoms with Crippen LogP contribution >= 0.6 is 0 Å². The summed E-state index contributed by atoms with van der Waals surface area (Å²) in [6.07, 6.45) is 3.78. The number of nitrogens with two attached hydrogens (primary N) is 1. The number of benzene rings is 1. The molecule has 1 heterocycles. The lowest BCUT2D eigenvalue weighted by molar-refractivity contribution is 0.561. The first-order valence-electron chi connectivity index (χ1n) is 5.44. The maximum Gasteiger partial charge on any atom is 0.163 e. The molecule has 0 radical (unpaired) electrons. The summed E-state index contributed by atoms with van der Waals surface area (Å²) in [5, 5.41) is 2.50. The molecule has 0 bridgehead atoms. The van der Waals surface area contributed by atoms with E-state index in [0.717, 1.165) is 11.1 Å². The number of rotatable bonds is 2. The second-order valence-electron chi connectivity index (χ2n) is 4.28. The molecular formula is C12H16N2O2S. The predicted octanol–water partition coefficient (Wildman–Crippen LogP) is 1.02. The molecule has 1 aromatic rings. The first-order valence-corrected chi connectivity index (χ1v) is 7.39. The predicted molar refractivity (Wildman–Crippen MR) is 70.1 cm³/mol. The molecule has 92 valence electrons. The number of sulfone groups is 1. The summed E-state index contributed by atoms with van der Waals surface area (Å²) in [5.41, 5.74) is 8.43. The third kappa shape index (κ3) is 2.87. The number of hydrogen-bond acceptors (Lipinski definition) is 4. The molecule has 0 saturated carbocycles. The maximum atomic E-state index is 11.5. The fraction of sp³-hybridized carbons (Fsp3) is 0.333. The second kappa shape index (κ2) is 4.50. The number of anilines is 1. The summed E-state index contributed by atoms with van der Waals surface area (Å²) >= 11 is 0. The number of nitrogen functional groups attached to an aromatic ring is 1. The van der Waals surface area contributed by atoms with E-state index in [9.17, 15) is 8.42 Å². The Kier molecular flexibility index (Phi) is 3.22. The van der Waals surface area contributed by atoms with Crippen molar-refractivity contribution >= 4 is 21.1 Å². The second-order valence-corrected chi connectivity index (χ2v) is 6.51. The van der Waals surface area contributed by atoms with Crippen molar-refractivity contribution < 1.29 is 8.42 Å². The van der Waals surface area contributed by atoms with Gasteiger partial charge in [-0.15, -0.1) is 0 Å². The lowest BCUT2D eigenvalue weighted by Gasteiger charge is -2.23. The van der Waals surface area contributed by atoms with Crippen LogP contribution in [-0.2, 0) is 9.84 Å². The van der Waals surface area contributed by atoms with E-state index in [1.165, 1.54) is 6.26 Å². The Bertz CT molecular complexity index is 532. The van der Waals surface area contributed by atoms with E-state index in [4.69, 9.17) is 5.73 Å². The van der Waals surface area contributed by atoms with Crippen molar-refractivity contribution in [3.8, 4) is 0 Å². The van der Waals surface area contributed by atoms with Crippen LogP contribution in [0.4, 0.5) is 5.69 Å². The van der Waals surface area contributed by atoms with Crippen LogP contribution < -0.4 is 11.1 Å². The smallest absolute Gasteiger partial charge is 0.163 e. The van der Waals surface area contributed by atoms with Gasteiger partial charge in [0.1, 0.15) is 5.37 Å². The van der Waals surface area contributed by atoms with Crippen molar-refractivity contribution in [1.29, 1.82) is 0 Å². The fourth-order valence-corrected chi connectivity index (χ4v) is 2.79. The first-order chi connectivity index (χ1) is 7.97. The van der Waals surface area contributed by atoms with E-state index >= 15 is 0 Å². The monoisotopic (exact) mass is 252 g/mol. The third-order valence-electron chi connectivity index (χ3n) is 2.90. The number of nitrogens with one attached hydrogen (secondary N) is 1. The minimum absolute atomic E-state index is 0.486. The van der Waals surface area contributed by atoms with Crippen molar-refractivity contribution in [1.82, 2.24) is 5.32 Å². The van der Waals surface area contributed by atoms with Gasteiger partial charge in [0.15, 0.2) is 9.84 Å². The molecule has 1 unspecified atom stereocenters. The topological polar surface area (TPSA) is 72.2 Å². The van der Waals surface area contributed by atoms with E-state index in [1.807, 2.05) is 30.3 Å². The molecule has 0 fully saturated rings.